The quantitative estimate of drug-likeness (QED) is 0.657. The van der Waals surface area contributed by atoms with Crippen LogP contribution in [-0.4, -0.2) is 0 Å². The summed E-state index contributed by atoms with van der Waals surface area (Å²) < 4.78 is 0. The minimum atomic E-state index is 0.593. The number of hydrogen-bond acceptors (Lipinski definition) is 0. The molecule has 2 aromatic rings. The van der Waals surface area contributed by atoms with E-state index in [1.807, 2.05) is 0 Å². The van der Waals surface area contributed by atoms with Gasteiger partial charge in [0, 0.05) is 5.92 Å². The summed E-state index contributed by atoms with van der Waals surface area (Å²) in [5.74, 6) is 1.28. The third-order valence-electron chi connectivity index (χ3n) is 4.18. The van der Waals surface area contributed by atoms with Crippen molar-refractivity contribution in [3.63, 3.8) is 0 Å². The second-order valence-electron chi connectivity index (χ2n) is 5.74. The summed E-state index contributed by atoms with van der Waals surface area (Å²) in [6.07, 6.45) is 1.25. The van der Waals surface area contributed by atoms with Gasteiger partial charge in [0.15, 0.2) is 0 Å². The maximum Gasteiger partial charge on any atom is 0.00979 e. The zero-order valence-corrected chi connectivity index (χ0v) is 11.4. The van der Waals surface area contributed by atoms with Crippen LogP contribution >= 0.6 is 0 Å². The van der Waals surface area contributed by atoms with Crippen molar-refractivity contribution < 1.29 is 0 Å². The van der Waals surface area contributed by atoms with Gasteiger partial charge in [-0.3, -0.25) is 0 Å². The molecule has 0 bridgehead atoms. The van der Waals surface area contributed by atoms with Crippen LogP contribution in [0, 0.1) is 13.8 Å². The first-order valence-corrected chi connectivity index (χ1v) is 6.82. The predicted molar refractivity (Wildman–Crippen MR) is 77.2 cm³/mol. The lowest BCUT2D eigenvalue weighted by molar-refractivity contribution is 0.686. The van der Waals surface area contributed by atoms with Crippen molar-refractivity contribution >= 4 is 0 Å². The Balaban J connectivity index is 2.08. The molecule has 2 atom stereocenters. The summed E-state index contributed by atoms with van der Waals surface area (Å²) in [5.41, 5.74) is 7.32. The van der Waals surface area contributed by atoms with E-state index in [9.17, 15) is 0 Å². The van der Waals surface area contributed by atoms with Gasteiger partial charge in [-0.2, -0.15) is 0 Å². The second kappa shape index (κ2) is 4.28. The van der Waals surface area contributed by atoms with Crippen LogP contribution in [0.5, 0.6) is 0 Å². The minimum Gasteiger partial charge on any atom is -0.0617 e. The first-order chi connectivity index (χ1) is 8.65. The molecule has 0 saturated carbocycles. The molecular formula is C18H20. The van der Waals surface area contributed by atoms with E-state index in [0.717, 1.165) is 0 Å². The van der Waals surface area contributed by atoms with E-state index in [-0.39, 0.29) is 0 Å². The van der Waals surface area contributed by atoms with Gasteiger partial charge in [0.05, 0.1) is 0 Å². The van der Waals surface area contributed by atoms with Crippen molar-refractivity contribution in [1.82, 2.24) is 0 Å². The molecule has 1 aliphatic carbocycles. The van der Waals surface area contributed by atoms with Crippen LogP contribution in [-0.2, 0) is 0 Å². The van der Waals surface area contributed by atoms with Crippen LogP contribution in [0.2, 0.25) is 0 Å². The summed E-state index contributed by atoms with van der Waals surface area (Å²) in [6, 6.07) is 15.9. The summed E-state index contributed by atoms with van der Waals surface area (Å²) in [7, 11) is 0. The molecule has 3 rings (SSSR count). The SMILES string of the molecule is Cc1cccc(C2CC(C)c3cc(C)ccc32)c1. The van der Waals surface area contributed by atoms with Gasteiger partial charge in [-0.15, -0.1) is 0 Å². The summed E-state index contributed by atoms with van der Waals surface area (Å²) >= 11 is 0. The molecule has 0 fully saturated rings. The largest absolute Gasteiger partial charge is 0.0617 e. The van der Waals surface area contributed by atoms with Crippen molar-refractivity contribution in [2.45, 2.75) is 39.0 Å². The van der Waals surface area contributed by atoms with Crippen LogP contribution in [0.3, 0.4) is 0 Å². The van der Waals surface area contributed by atoms with E-state index in [0.29, 0.717) is 11.8 Å². The van der Waals surface area contributed by atoms with Gasteiger partial charge in [0.2, 0.25) is 0 Å². The molecule has 0 heteroatoms. The Hall–Kier alpha value is -1.56. The Bertz CT molecular complexity index is 580. The number of rotatable bonds is 1. The highest BCUT2D eigenvalue weighted by Gasteiger charge is 2.29. The molecule has 2 unspecified atom stereocenters. The summed E-state index contributed by atoms with van der Waals surface area (Å²) in [5, 5.41) is 0. The fraction of sp³-hybridized carbons (Fsp3) is 0.333. The Morgan fingerprint density at radius 2 is 1.67 bits per heavy atom. The molecule has 0 N–H and O–H groups in total. The topological polar surface area (TPSA) is 0 Å². The normalized spacial score (nSPS) is 21.9. The lowest BCUT2D eigenvalue weighted by atomic mass is 9.91. The molecule has 0 amide bonds. The third-order valence-corrected chi connectivity index (χ3v) is 4.18. The van der Waals surface area contributed by atoms with Gasteiger partial charge < -0.3 is 0 Å². The second-order valence-corrected chi connectivity index (χ2v) is 5.74. The highest BCUT2D eigenvalue weighted by atomic mass is 14.3. The fourth-order valence-electron chi connectivity index (χ4n) is 3.25. The van der Waals surface area contributed by atoms with E-state index >= 15 is 0 Å². The third kappa shape index (κ3) is 1.86. The van der Waals surface area contributed by atoms with Crippen molar-refractivity contribution in [2.75, 3.05) is 0 Å². The maximum atomic E-state index is 2.37. The molecule has 0 aliphatic heterocycles. The highest BCUT2D eigenvalue weighted by molar-refractivity contribution is 5.46. The van der Waals surface area contributed by atoms with Crippen LogP contribution in [0.15, 0.2) is 42.5 Å². The Kier molecular flexibility index (Phi) is 2.74. The van der Waals surface area contributed by atoms with Crippen molar-refractivity contribution in [1.29, 1.82) is 0 Å². The predicted octanol–water partition coefficient (Wildman–Crippen LogP) is 4.94. The lowest BCUT2D eigenvalue weighted by Crippen LogP contribution is -1.96. The van der Waals surface area contributed by atoms with E-state index in [2.05, 4.69) is 63.2 Å². The number of benzene rings is 2. The van der Waals surface area contributed by atoms with Crippen LogP contribution < -0.4 is 0 Å². The van der Waals surface area contributed by atoms with Crippen molar-refractivity contribution in [3.05, 3.63) is 70.3 Å². The maximum absolute atomic E-state index is 2.37. The van der Waals surface area contributed by atoms with Gasteiger partial charge in [-0.1, -0.05) is 60.5 Å². The molecule has 0 saturated heterocycles. The molecule has 0 aromatic heterocycles. The Morgan fingerprint density at radius 1 is 0.889 bits per heavy atom. The number of fused-ring (bicyclic) bond motifs is 1. The van der Waals surface area contributed by atoms with Crippen LogP contribution in [0.4, 0.5) is 0 Å². The Labute approximate surface area is 110 Å². The first-order valence-electron chi connectivity index (χ1n) is 6.82. The molecule has 0 spiro atoms. The van der Waals surface area contributed by atoms with Crippen molar-refractivity contribution in [2.24, 2.45) is 0 Å². The van der Waals surface area contributed by atoms with Gasteiger partial charge in [-0.25, -0.2) is 0 Å². The Morgan fingerprint density at radius 3 is 2.44 bits per heavy atom. The minimum absolute atomic E-state index is 0.593. The van der Waals surface area contributed by atoms with E-state index < -0.39 is 0 Å². The monoisotopic (exact) mass is 236 g/mol. The van der Waals surface area contributed by atoms with Crippen LogP contribution in [0.1, 0.15) is 53.0 Å². The molecule has 1 aliphatic rings. The summed E-state index contributed by atoms with van der Waals surface area (Å²) in [6.45, 7) is 6.72. The highest BCUT2D eigenvalue weighted by Crippen LogP contribution is 2.45. The van der Waals surface area contributed by atoms with Gasteiger partial charge in [0.1, 0.15) is 0 Å². The average Bonchev–Trinajstić information content (AvgIpc) is 2.67. The van der Waals surface area contributed by atoms with E-state index in [4.69, 9.17) is 0 Å². The zero-order valence-electron chi connectivity index (χ0n) is 11.4. The van der Waals surface area contributed by atoms with E-state index in [1.165, 1.54) is 23.1 Å². The smallest absolute Gasteiger partial charge is 0.00979 e. The molecule has 18 heavy (non-hydrogen) atoms. The number of hydrogen-bond donors (Lipinski definition) is 0. The molecular weight excluding hydrogens is 216 g/mol. The van der Waals surface area contributed by atoms with Crippen molar-refractivity contribution in [3.8, 4) is 0 Å². The first kappa shape index (κ1) is 11.5. The standard InChI is InChI=1S/C18H20/c1-12-5-4-6-15(9-12)18-11-14(3)17-10-13(2)7-8-16(17)18/h4-10,14,18H,11H2,1-3H3. The van der Waals surface area contributed by atoms with Gasteiger partial charge in [-0.05, 0) is 42.9 Å². The zero-order chi connectivity index (χ0) is 12.7. The molecule has 92 valence electrons. The average molecular weight is 236 g/mol. The lowest BCUT2D eigenvalue weighted by Gasteiger charge is -2.13. The molecule has 0 heterocycles. The summed E-state index contributed by atoms with van der Waals surface area (Å²) in [4.78, 5) is 0. The fourth-order valence-corrected chi connectivity index (χ4v) is 3.25. The molecule has 0 radical (unpaired) electrons. The van der Waals surface area contributed by atoms with Gasteiger partial charge in [0.25, 0.3) is 0 Å². The van der Waals surface area contributed by atoms with Crippen LogP contribution in [0.25, 0.3) is 0 Å². The molecule has 0 nitrogen and oxygen atoms in total. The number of aryl methyl sites for hydroxylation is 2. The molecule has 2 aromatic carbocycles. The van der Waals surface area contributed by atoms with Gasteiger partial charge >= 0.3 is 0 Å². The van der Waals surface area contributed by atoms with E-state index in [1.54, 1.807) is 11.1 Å².